The van der Waals surface area contributed by atoms with E-state index in [9.17, 15) is 4.79 Å². The van der Waals surface area contributed by atoms with Crippen LogP contribution in [0, 0.1) is 0 Å². The molecule has 1 aliphatic heterocycles. The van der Waals surface area contributed by atoms with Gasteiger partial charge in [0.05, 0.1) is 0 Å². The van der Waals surface area contributed by atoms with Crippen LogP contribution < -0.4 is 10.6 Å². The lowest BCUT2D eigenvalue weighted by molar-refractivity contribution is -0.121. The molecule has 0 aliphatic carbocycles. The SMILES string of the molecule is CCc1noc(-c2ccc(CCNC(=O)CC3CSCCN3)cc2)n1.Cl. The van der Waals surface area contributed by atoms with Crippen LogP contribution in [0.4, 0.5) is 0 Å². The molecule has 1 saturated heterocycles. The molecule has 1 unspecified atom stereocenters. The molecule has 8 heteroatoms. The van der Waals surface area contributed by atoms with Crippen molar-refractivity contribution in [2.75, 3.05) is 24.6 Å². The molecule has 0 saturated carbocycles. The summed E-state index contributed by atoms with van der Waals surface area (Å²) in [7, 11) is 0. The lowest BCUT2D eigenvalue weighted by atomic mass is 10.1. The maximum atomic E-state index is 12.0. The number of carbonyl (C=O) groups excluding carboxylic acids is 1. The molecule has 142 valence electrons. The van der Waals surface area contributed by atoms with Gasteiger partial charge in [-0.25, -0.2) is 0 Å². The second kappa shape index (κ2) is 10.5. The second-order valence-corrected chi connectivity index (χ2v) is 7.25. The number of carbonyl (C=O) groups is 1. The number of benzene rings is 1. The van der Waals surface area contributed by atoms with Crippen molar-refractivity contribution in [1.29, 1.82) is 0 Å². The van der Waals surface area contributed by atoms with E-state index in [0.717, 1.165) is 36.5 Å². The Labute approximate surface area is 164 Å². The summed E-state index contributed by atoms with van der Waals surface area (Å²) in [4.78, 5) is 16.3. The number of nitrogens with zero attached hydrogens (tertiary/aromatic N) is 2. The first kappa shape index (κ1) is 20.7. The Morgan fingerprint density at radius 1 is 1.38 bits per heavy atom. The fourth-order valence-electron chi connectivity index (χ4n) is 2.72. The van der Waals surface area contributed by atoms with Gasteiger partial charge in [0.2, 0.25) is 5.91 Å². The molecule has 2 N–H and O–H groups in total. The van der Waals surface area contributed by atoms with Crippen LogP contribution in [0.15, 0.2) is 28.8 Å². The van der Waals surface area contributed by atoms with Crippen LogP contribution in [0.1, 0.15) is 24.7 Å². The maximum absolute atomic E-state index is 12.0. The lowest BCUT2D eigenvalue weighted by Crippen LogP contribution is -2.41. The number of hydrogen-bond acceptors (Lipinski definition) is 6. The molecule has 0 radical (unpaired) electrons. The first-order valence-corrected chi connectivity index (χ1v) is 9.90. The zero-order valence-electron chi connectivity index (χ0n) is 14.9. The molecule has 0 spiro atoms. The van der Waals surface area contributed by atoms with Crippen LogP contribution in [0.25, 0.3) is 11.5 Å². The van der Waals surface area contributed by atoms with E-state index in [2.05, 4.69) is 20.8 Å². The molecule has 1 atom stereocenters. The maximum Gasteiger partial charge on any atom is 0.257 e. The smallest absolute Gasteiger partial charge is 0.257 e. The van der Waals surface area contributed by atoms with E-state index in [1.54, 1.807) is 0 Å². The topological polar surface area (TPSA) is 80.0 Å². The molecule has 26 heavy (non-hydrogen) atoms. The highest BCUT2D eigenvalue weighted by molar-refractivity contribution is 7.99. The lowest BCUT2D eigenvalue weighted by Gasteiger charge is -2.22. The molecule has 6 nitrogen and oxygen atoms in total. The minimum atomic E-state index is 0. The summed E-state index contributed by atoms with van der Waals surface area (Å²) in [5, 5.41) is 10.3. The molecular weight excluding hydrogens is 372 g/mol. The van der Waals surface area contributed by atoms with Crippen LogP contribution in [-0.2, 0) is 17.6 Å². The fraction of sp³-hybridized carbons (Fsp3) is 0.500. The summed E-state index contributed by atoms with van der Waals surface area (Å²) in [6, 6.07) is 8.34. The van der Waals surface area contributed by atoms with Crippen molar-refractivity contribution in [3.63, 3.8) is 0 Å². The van der Waals surface area contributed by atoms with E-state index in [-0.39, 0.29) is 18.3 Å². The Morgan fingerprint density at radius 2 is 2.19 bits per heavy atom. The summed E-state index contributed by atoms with van der Waals surface area (Å²) in [6.45, 7) is 3.64. The summed E-state index contributed by atoms with van der Waals surface area (Å²) < 4.78 is 5.24. The van der Waals surface area contributed by atoms with E-state index >= 15 is 0 Å². The predicted octanol–water partition coefficient (Wildman–Crippen LogP) is 2.47. The van der Waals surface area contributed by atoms with Crippen LogP contribution in [0.5, 0.6) is 0 Å². The van der Waals surface area contributed by atoms with Crippen molar-refractivity contribution in [2.24, 2.45) is 0 Å². The van der Waals surface area contributed by atoms with Crippen LogP contribution in [-0.4, -0.2) is 46.7 Å². The average molecular weight is 397 g/mol. The van der Waals surface area contributed by atoms with E-state index < -0.39 is 0 Å². The molecule has 0 bridgehead atoms. The highest BCUT2D eigenvalue weighted by Gasteiger charge is 2.16. The number of halogens is 1. The predicted molar refractivity (Wildman–Crippen MR) is 107 cm³/mol. The molecule has 2 aromatic rings. The molecule has 2 heterocycles. The zero-order valence-corrected chi connectivity index (χ0v) is 16.5. The van der Waals surface area contributed by atoms with Gasteiger partial charge in [-0.1, -0.05) is 24.2 Å². The summed E-state index contributed by atoms with van der Waals surface area (Å²) in [5.41, 5.74) is 2.09. The Balaban J connectivity index is 0.00000243. The van der Waals surface area contributed by atoms with Gasteiger partial charge in [0, 0.05) is 49.0 Å². The van der Waals surface area contributed by atoms with Gasteiger partial charge >= 0.3 is 0 Å². The minimum Gasteiger partial charge on any atom is -0.356 e. The van der Waals surface area contributed by atoms with Crippen LogP contribution >= 0.6 is 24.2 Å². The van der Waals surface area contributed by atoms with Crippen molar-refractivity contribution in [1.82, 2.24) is 20.8 Å². The number of hydrogen-bond donors (Lipinski definition) is 2. The van der Waals surface area contributed by atoms with Gasteiger partial charge in [0.1, 0.15) is 0 Å². The standard InChI is InChI=1S/C18H24N4O2S.ClH/c1-2-16-21-18(24-22-16)14-5-3-13(4-6-14)7-8-20-17(23)11-15-12-25-10-9-19-15;/h3-6,15,19H,2,7-12H2,1H3,(H,20,23);1H. The number of rotatable bonds is 7. The molecule has 3 rings (SSSR count). The van der Waals surface area contributed by atoms with E-state index in [1.165, 1.54) is 5.56 Å². The minimum absolute atomic E-state index is 0. The number of aromatic nitrogens is 2. The van der Waals surface area contributed by atoms with E-state index in [1.807, 2.05) is 43.0 Å². The van der Waals surface area contributed by atoms with Gasteiger partial charge < -0.3 is 15.2 Å². The monoisotopic (exact) mass is 396 g/mol. The van der Waals surface area contributed by atoms with Crippen molar-refractivity contribution in [3.8, 4) is 11.5 Å². The largest absolute Gasteiger partial charge is 0.356 e. The van der Waals surface area contributed by atoms with Crippen molar-refractivity contribution < 1.29 is 9.32 Å². The van der Waals surface area contributed by atoms with Gasteiger partial charge in [0.25, 0.3) is 5.89 Å². The zero-order chi connectivity index (χ0) is 17.5. The van der Waals surface area contributed by atoms with Crippen molar-refractivity contribution >= 4 is 30.1 Å². The molecule has 1 amide bonds. The highest BCUT2D eigenvalue weighted by atomic mass is 35.5. The third-order valence-electron chi connectivity index (χ3n) is 4.15. The number of thioether (sulfide) groups is 1. The third-order valence-corrected chi connectivity index (χ3v) is 5.28. The van der Waals surface area contributed by atoms with Gasteiger partial charge in [-0.2, -0.15) is 16.7 Å². The summed E-state index contributed by atoms with van der Waals surface area (Å²) in [6.07, 6.45) is 2.13. The molecule has 1 aromatic carbocycles. The highest BCUT2D eigenvalue weighted by Crippen LogP contribution is 2.18. The van der Waals surface area contributed by atoms with Gasteiger partial charge in [-0.15, -0.1) is 12.4 Å². The van der Waals surface area contributed by atoms with Crippen LogP contribution in [0.2, 0.25) is 0 Å². The molecular formula is C18H25ClN4O2S. The average Bonchev–Trinajstić information content (AvgIpc) is 3.12. The van der Waals surface area contributed by atoms with Gasteiger partial charge in [-0.3, -0.25) is 4.79 Å². The molecule has 1 aliphatic rings. The first-order chi connectivity index (χ1) is 12.2. The van der Waals surface area contributed by atoms with Crippen LogP contribution in [0.3, 0.4) is 0 Å². The molecule has 1 aromatic heterocycles. The van der Waals surface area contributed by atoms with Gasteiger partial charge in [0.15, 0.2) is 5.82 Å². The number of nitrogens with one attached hydrogen (secondary N) is 2. The van der Waals surface area contributed by atoms with Crippen molar-refractivity contribution in [3.05, 3.63) is 35.7 Å². The van der Waals surface area contributed by atoms with Gasteiger partial charge in [-0.05, 0) is 24.1 Å². The van der Waals surface area contributed by atoms with E-state index in [0.29, 0.717) is 30.7 Å². The normalized spacial score (nSPS) is 16.7. The Morgan fingerprint density at radius 3 is 2.85 bits per heavy atom. The summed E-state index contributed by atoms with van der Waals surface area (Å²) >= 11 is 1.91. The second-order valence-electron chi connectivity index (χ2n) is 6.10. The van der Waals surface area contributed by atoms with Crippen molar-refractivity contribution in [2.45, 2.75) is 32.2 Å². The van der Waals surface area contributed by atoms with E-state index in [4.69, 9.17) is 4.52 Å². The summed E-state index contributed by atoms with van der Waals surface area (Å²) in [5.74, 6) is 3.54. The number of aryl methyl sites for hydroxylation is 1. The first-order valence-electron chi connectivity index (χ1n) is 8.74. The molecule has 1 fully saturated rings. The fourth-order valence-corrected chi connectivity index (χ4v) is 3.67. The number of amides is 1. The quantitative estimate of drug-likeness (QED) is 0.748. The Bertz CT molecular complexity index is 687. The Hall–Kier alpha value is -1.57. The Kier molecular flexibility index (Phi) is 8.41. The third kappa shape index (κ3) is 6.00.